The molecule has 1 amide bonds. The Bertz CT molecular complexity index is 93.1. The first-order valence-corrected chi connectivity index (χ1v) is 3.06. The lowest BCUT2D eigenvalue weighted by Crippen LogP contribution is -2.31. The van der Waals surface area contributed by atoms with Gasteiger partial charge >= 0.3 is 0 Å². The Morgan fingerprint density at radius 3 is 2.78 bits per heavy atom. The van der Waals surface area contributed by atoms with Crippen molar-refractivity contribution in [2.24, 2.45) is 11.8 Å². The van der Waals surface area contributed by atoms with Gasteiger partial charge in [0.25, 0.3) is 0 Å². The van der Waals surface area contributed by atoms with Crippen molar-refractivity contribution in [3.8, 4) is 0 Å². The van der Waals surface area contributed by atoms with Gasteiger partial charge in [0.05, 0.1) is 6.42 Å². The summed E-state index contributed by atoms with van der Waals surface area (Å²) in [5.74, 6) is 4.95. The van der Waals surface area contributed by atoms with Gasteiger partial charge in [-0.1, -0.05) is 20.3 Å². The molecule has 0 spiro atoms. The molecule has 0 aromatic heterocycles. The molecule has 0 rings (SSSR count). The molecule has 0 bridgehead atoms. The SMILES string of the molecule is CC[C@@H](C)[CH]C(=O)NN. The summed E-state index contributed by atoms with van der Waals surface area (Å²) in [6.07, 6.45) is 2.54. The van der Waals surface area contributed by atoms with Crippen molar-refractivity contribution in [2.45, 2.75) is 20.3 Å². The number of hydrogen-bond donors (Lipinski definition) is 2. The van der Waals surface area contributed by atoms with Crippen LogP contribution in [-0.2, 0) is 4.79 Å². The van der Waals surface area contributed by atoms with E-state index in [9.17, 15) is 4.79 Å². The molecule has 0 aromatic carbocycles. The second kappa shape index (κ2) is 4.32. The molecule has 53 valence electrons. The minimum absolute atomic E-state index is 0.204. The van der Waals surface area contributed by atoms with Crippen molar-refractivity contribution in [1.82, 2.24) is 5.43 Å². The summed E-state index contributed by atoms with van der Waals surface area (Å²) in [5.41, 5.74) is 2.04. The summed E-state index contributed by atoms with van der Waals surface area (Å²) in [5, 5.41) is 0. The molecule has 0 heterocycles. The molecule has 9 heavy (non-hydrogen) atoms. The third kappa shape index (κ3) is 3.97. The lowest BCUT2D eigenvalue weighted by Gasteiger charge is -2.04. The van der Waals surface area contributed by atoms with E-state index in [2.05, 4.69) is 0 Å². The van der Waals surface area contributed by atoms with Crippen LogP contribution in [0, 0.1) is 12.3 Å². The Balaban J connectivity index is 3.34. The highest BCUT2D eigenvalue weighted by Gasteiger charge is 2.04. The average Bonchev–Trinajstić information content (AvgIpc) is 1.87. The van der Waals surface area contributed by atoms with Gasteiger partial charge in [-0.2, -0.15) is 0 Å². The number of rotatable bonds is 3. The number of carbonyl (C=O) groups is 1. The van der Waals surface area contributed by atoms with Gasteiger partial charge in [-0.25, -0.2) is 5.84 Å². The molecular weight excluding hydrogens is 116 g/mol. The topological polar surface area (TPSA) is 55.1 Å². The molecule has 0 aromatic rings. The van der Waals surface area contributed by atoms with Gasteiger partial charge in [0.2, 0.25) is 5.91 Å². The van der Waals surface area contributed by atoms with Crippen molar-refractivity contribution in [1.29, 1.82) is 0 Å². The van der Waals surface area contributed by atoms with E-state index in [0.717, 1.165) is 6.42 Å². The van der Waals surface area contributed by atoms with Crippen molar-refractivity contribution in [2.75, 3.05) is 0 Å². The number of carbonyl (C=O) groups excluding carboxylic acids is 1. The quantitative estimate of drug-likeness (QED) is 0.325. The predicted molar refractivity (Wildman–Crippen MR) is 36.1 cm³/mol. The number of hydrogen-bond acceptors (Lipinski definition) is 2. The minimum atomic E-state index is -0.204. The maximum absolute atomic E-state index is 10.5. The van der Waals surface area contributed by atoms with Gasteiger partial charge in [0, 0.05) is 0 Å². The molecule has 1 atom stereocenters. The average molecular weight is 129 g/mol. The third-order valence-electron chi connectivity index (χ3n) is 1.22. The molecule has 0 aliphatic carbocycles. The fraction of sp³-hybridized carbons (Fsp3) is 0.667. The number of nitrogens with one attached hydrogen (secondary N) is 1. The van der Waals surface area contributed by atoms with Crippen LogP contribution in [0.2, 0.25) is 0 Å². The molecule has 1 radical (unpaired) electrons. The monoisotopic (exact) mass is 129 g/mol. The van der Waals surface area contributed by atoms with Crippen molar-refractivity contribution in [3.63, 3.8) is 0 Å². The van der Waals surface area contributed by atoms with Gasteiger partial charge in [-0.3, -0.25) is 10.2 Å². The Morgan fingerprint density at radius 2 is 2.44 bits per heavy atom. The van der Waals surface area contributed by atoms with Crippen LogP contribution < -0.4 is 11.3 Å². The van der Waals surface area contributed by atoms with Crippen LogP contribution in [0.5, 0.6) is 0 Å². The van der Waals surface area contributed by atoms with Crippen LogP contribution in [0.4, 0.5) is 0 Å². The largest absolute Gasteiger partial charge is 0.294 e. The zero-order valence-electron chi connectivity index (χ0n) is 5.85. The van der Waals surface area contributed by atoms with Crippen LogP contribution >= 0.6 is 0 Å². The molecule has 3 nitrogen and oxygen atoms in total. The van der Waals surface area contributed by atoms with Gasteiger partial charge in [-0.05, 0) is 5.92 Å². The van der Waals surface area contributed by atoms with E-state index >= 15 is 0 Å². The van der Waals surface area contributed by atoms with Crippen LogP contribution in [-0.4, -0.2) is 5.91 Å². The molecule has 3 N–H and O–H groups in total. The fourth-order valence-electron chi connectivity index (χ4n) is 0.424. The standard InChI is InChI=1S/C6H13N2O/c1-3-5(2)4-6(9)8-7/h4-5H,3,7H2,1-2H3,(H,8,9)/t5-/m1/s1. The normalized spacial score (nSPS) is 12.8. The molecule has 0 aliphatic rings. The molecule has 3 heteroatoms. The second-order valence-corrected chi connectivity index (χ2v) is 2.06. The summed E-state index contributed by atoms with van der Waals surface area (Å²) in [4.78, 5) is 10.5. The van der Waals surface area contributed by atoms with E-state index in [1.165, 1.54) is 0 Å². The van der Waals surface area contributed by atoms with Gasteiger partial charge in [0.15, 0.2) is 0 Å². The van der Waals surface area contributed by atoms with E-state index in [-0.39, 0.29) is 5.91 Å². The lowest BCUT2D eigenvalue weighted by molar-refractivity contribution is -0.118. The van der Waals surface area contributed by atoms with Gasteiger partial charge in [-0.15, -0.1) is 0 Å². The summed E-state index contributed by atoms with van der Waals surface area (Å²) >= 11 is 0. The Hall–Kier alpha value is -0.570. The van der Waals surface area contributed by atoms with Crippen LogP contribution in [0.3, 0.4) is 0 Å². The minimum Gasteiger partial charge on any atom is -0.294 e. The Labute approximate surface area is 55.6 Å². The summed E-state index contributed by atoms with van der Waals surface area (Å²) in [6, 6.07) is 0. The molecular formula is C6H13N2O. The van der Waals surface area contributed by atoms with Crippen molar-refractivity contribution in [3.05, 3.63) is 6.42 Å². The van der Waals surface area contributed by atoms with E-state index in [1.807, 2.05) is 19.3 Å². The molecule has 0 aliphatic heterocycles. The first kappa shape index (κ1) is 8.43. The molecule has 0 fully saturated rings. The van der Waals surface area contributed by atoms with Crippen LogP contribution in [0.1, 0.15) is 20.3 Å². The lowest BCUT2D eigenvalue weighted by atomic mass is 10.1. The summed E-state index contributed by atoms with van der Waals surface area (Å²) in [6.45, 7) is 3.99. The highest BCUT2D eigenvalue weighted by molar-refractivity contribution is 5.84. The Kier molecular flexibility index (Phi) is 4.05. The highest BCUT2D eigenvalue weighted by Crippen LogP contribution is 2.03. The van der Waals surface area contributed by atoms with E-state index in [4.69, 9.17) is 5.84 Å². The first-order chi connectivity index (χ1) is 4.20. The zero-order chi connectivity index (χ0) is 7.28. The summed E-state index contributed by atoms with van der Waals surface area (Å²) < 4.78 is 0. The van der Waals surface area contributed by atoms with E-state index in [1.54, 1.807) is 6.42 Å². The predicted octanol–water partition coefficient (Wildman–Crippen LogP) is 0.227. The number of nitrogens with two attached hydrogens (primary N) is 1. The third-order valence-corrected chi connectivity index (χ3v) is 1.22. The maximum Gasteiger partial charge on any atom is 0.238 e. The van der Waals surface area contributed by atoms with E-state index in [0.29, 0.717) is 5.92 Å². The molecule has 0 saturated heterocycles. The highest BCUT2D eigenvalue weighted by atomic mass is 16.2. The Morgan fingerprint density at radius 1 is 1.89 bits per heavy atom. The molecule has 0 saturated carbocycles. The van der Waals surface area contributed by atoms with Gasteiger partial charge < -0.3 is 0 Å². The first-order valence-electron chi connectivity index (χ1n) is 3.06. The van der Waals surface area contributed by atoms with Crippen molar-refractivity contribution < 1.29 is 4.79 Å². The fourth-order valence-corrected chi connectivity index (χ4v) is 0.424. The number of amides is 1. The number of hydrazine groups is 1. The maximum atomic E-state index is 10.5. The van der Waals surface area contributed by atoms with Crippen LogP contribution in [0.25, 0.3) is 0 Å². The van der Waals surface area contributed by atoms with Crippen molar-refractivity contribution >= 4 is 5.91 Å². The van der Waals surface area contributed by atoms with Crippen LogP contribution in [0.15, 0.2) is 0 Å². The summed E-state index contributed by atoms with van der Waals surface area (Å²) in [7, 11) is 0. The molecule has 0 unspecified atom stereocenters. The smallest absolute Gasteiger partial charge is 0.238 e. The van der Waals surface area contributed by atoms with E-state index < -0.39 is 0 Å². The van der Waals surface area contributed by atoms with Gasteiger partial charge in [0.1, 0.15) is 0 Å². The zero-order valence-corrected chi connectivity index (χ0v) is 5.85. The second-order valence-electron chi connectivity index (χ2n) is 2.06.